The molecule has 4 heteroatoms. The van der Waals surface area contributed by atoms with E-state index in [1.165, 1.54) is 4.88 Å². The number of hydrogen-bond acceptors (Lipinski definition) is 3. The summed E-state index contributed by atoms with van der Waals surface area (Å²) < 4.78 is 1.87. The Labute approximate surface area is 92.0 Å². The Morgan fingerprint density at radius 3 is 3.20 bits per heavy atom. The van der Waals surface area contributed by atoms with Gasteiger partial charge in [0.1, 0.15) is 6.61 Å². The highest BCUT2D eigenvalue weighted by Crippen LogP contribution is 2.14. The number of aliphatic hydroxyl groups is 1. The molecule has 0 saturated heterocycles. The zero-order valence-corrected chi connectivity index (χ0v) is 8.87. The van der Waals surface area contributed by atoms with Crippen molar-refractivity contribution in [1.29, 1.82) is 0 Å². The van der Waals surface area contributed by atoms with E-state index in [2.05, 4.69) is 16.9 Å². The zero-order valence-electron chi connectivity index (χ0n) is 8.05. The van der Waals surface area contributed by atoms with Gasteiger partial charge in [0.2, 0.25) is 0 Å². The molecule has 0 spiro atoms. The van der Waals surface area contributed by atoms with Crippen molar-refractivity contribution in [3.63, 3.8) is 0 Å². The predicted molar refractivity (Wildman–Crippen MR) is 59.6 cm³/mol. The van der Waals surface area contributed by atoms with Crippen molar-refractivity contribution in [2.45, 2.75) is 6.54 Å². The highest BCUT2D eigenvalue weighted by Gasteiger charge is 1.98. The van der Waals surface area contributed by atoms with Crippen LogP contribution in [0.3, 0.4) is 0 Å². The number of rotatable bonds is 2. The summed E-state index contributed by atoms with van der Waals surface area (Å²) in [5, 5.41) is 14.7. The Bertz CT molecular complexity index is 476. The third-order valence-electron chi connectivity index (χ3n) is 1.84. The molecule has 0 radical (unpaired) electrons. The molecule has 0 aromatic carbocycles. The Morgan fingerprint density at radius 1 is 1.53 bits per heavy atom. The molecule has 1 N–H and O–H groups in total. The highest BCUT2D eigenvalue weighted by molar-refractivity contribution is 7.10. The average molecular weight is 218 g/mol. The Balaban J connectivity index is 2.07. The lowest BCUT2D eigenvalue weighted by Gasteiger charge is -1.95. The van der Waals surface area contributed by atoms with Gasteiger partial charge in [-0.05, 0) is 12.1 Å². The normalized spacial score (nSPS) is 9.67. The van der Waals surface area contributed by atoms with E-state index < -0.39 is 0 Å². The van der Waals surface area contributed by atoms with E-state index in [9.17, 15) is 0 Å². The third-order valence-corrected chi connectivity index (χ3v) is 2.76. The molecule has 2 rings (SSSR count). The zero-order chi connectivity index (χ0) is 10.5. The van der Waals surface area contributed by atoms with Crippen molar-refractivity contribution in [2.75, 3.05) is 6.61 Å². The van der Waals surface area contributed by atoms with Crippen molar-refractivity contribution in [3.8, 4) is 11.8 Å². The molecule has 15 heavy (non-hydrogen) atoms. The lowest BCUT2D eigenvalue weighted by atomic mass is 10.3. The molecule has 3 nitrogen and oxygen atoms in total. The second kappa shape index (κ2) is 4.78. The van der Waals surface area contributed by atoms with Crippen molar-refractivity contribution in [1.82, 2.24) is 9.78 Å². The van der Waals surface area contributed by atoms with Crippen LogP contribution < -0.4 is 0 Å². The topological polar surface area (TPSA) is 38.0 Å². The van der Waals surface area contributed by atoms with E-state index in [1.54, 1.807) is 17.5 Å². The van der Waals surface area contributed by atoms with Crippen LogP contribution >= 0.6 is 11.3 Å². The molecule has 0 aliphatic rings. The fourth-order valence-corrected chi connectivity index (χ4v) is 2.03. The van der Waals surface area contributed by atoms with E-state index in [0.29, 0.717) is 0 Å². The monoisotopic (exact) mass is 218 g/mol. The second-order valence-electron chi connectivity index (χ2n) is 2.97. The van der Waals surface area contributed by atoms with E-state index in [4.69, 9.17) is 5.11 Å². The fraction of sp³-hybridized carbons (Fsp3) is 0.182. The van der Waals surface area contributed by atoms with Crippen LogP contribution in [-0.4, -0.2) is 21.5 Å². The summed E-state index contributed by atoms with van der Waals surface area (Å²) in [5.74, 6) is 5.50. The molecule has 0 fully saturated rings. The number of aromatic nitrogens is 2. The maximum absolute atomic E-state index is 8.56. The second-order valence-corrected chi connectivity index (χ2v) is 3.96. The molecule has 0 aliphatic heterocycles. The van der Waals surface area contributed by atoms with Crippen LogP contribution in [-0.2, 0) is 6.54 Å². The molecular formula is C11H10N2OS. The minimum absolute atomic E-state index is 0.0929. The summed E-state index contributed by atoms with van der Waals surface area (Å²) in [6, 6.07) is 3.93. The third kappa shape index (κ3) is 2.69. The van der Waals surface area contributed by atoms with Gasteiger partial charge in [0.05, 0.1) is 6.54 Å². The van der Waals surface area contributed by atoms with Crippen molar-refractivity contribution >= 4 is 11.3 Å². The first-order chi connectivity index (χ1) is 7.38. The van der Waals surface area contributed by atoms with Gasteiger partial charge in [0.25, 0.3) is 0 Å². The first kappa shape index (κ1) is 9.97. The largest absolute Gasteiger partial charge is 0.384 e. The molecule has 0 bridgehead atoms. The van der Waals surface area contributed by atoms with Gasteiger partial charge in [0, 0.05) is 28.2 Å². The van der Waals surface area contributed by atoms with Gasteiger partial charge >= 0.3 is 0 Å². The Hall–Kier alpha value is -1.57. The van der Waals surface area contributed by atoms with E-state index >= 15 is 0 Å². The lowest BCUT2D eigenvalue weighted by Crippen LogP contribution is -1.97. The molecule has 0 aliphatic carbocycles. The summed E-state index contributed by atoms with van der Waals surface area (Å²) in [7, 11) is 0. The highest BCUT2D eigenvalue weighted by atomic mass is 32.1. The molecular weight excluding hydrogens is 208 g/mol. The number of thiophene rings is 1. The lowest BCUT2D eigenvalue weighted by molar-refractivity contribution is 0.350. The van der Waals surface area contributed by atoms with Crippen LogP contribution in [0.5, 0.6) is 0 Å². The van der Waals surface area contributed by atoms with Crippen LogP contribution in [0.4, 0.5) is 0 Å². The number of hydrogen-bond donors (Lipinski definition) is 1. The van der Waals surface area contributed by atoms with Gasteiger partial charge in [-0.25, -0.2) is 0 Å². The van der Waals surface area contributed by atoms with Crippen molar-refractivity contribution < 1.29 is 5.11 Å². The first-order valence-corrected chi connectivity index (χ1v) is 5.41. The van der Waals surface area contributed by atoms with Gasteiger partial charge in [-0.15, -0.1) is 11.3 Å². The minimum atomic E-state index is -0.0929. The van der Waals surface area contributed by atoms with Crippen LogP contribution in [0.15, 0.2) is 29.9 Å². The summed E-state index contributed by atoms with van der Waals surface area (Å²) in [6.45, 7) is 0.683. The van der Waals surface area contributed by atoms with Gasteiger partial charge in [0.15, 0.2) is 0 Å². The fourth-order valence-electron chi connectivity index (χ4n) is 1.22. The summed E-state index contributed by atoms with van der Waals surface area (Å²) in [6.07, 6.45) is 3.69. The van der Waals surface area contributed by atoms with E-state index in [-0.39, 0.29) is 6.61 Å². The Morgan fingerprint density at radius 2 is 2.47 bits per heavy atom. The van der Waals surface area contributed by atoms with Crippen molar-refractivity contribution in [2.24, 2.45) is 0 Å². The van der Waals surface area contributed by atoms with Gasteiger partial charge in [-0.1, -0.05) is 11.8 Å². The maximum Gasteiger partial charge on any atom is 0.104 e. The molecule has 2 aromatic heterocycles. The predicted octanol–water partition coefficient (Wildman–Crippen LogP) is 1.34. The molecule has 0 amide bonds. The SMILES string of the molecule is OCC#Cc1csc(Cn2cccn2)c1. The van der Waals surface area contributed by atoms with E-state index in [1.807, 2.05) is 28.4 Å². The van der Waals surface area contributed by atoms with Gasteiger partial charge in [-0.3, -0.25) is 4.68 Å². The Kier molecular flexibility index (Phi) is 3.18. The smallest absolute Gasteiger partial charge is 0.104 e. The van der Waals surface area contributed by atoms with E-state index in [0.717, 1.165) is 12.1 Å². The molecule has 2 heterocycles. The van der Waals surface area contributed by atoms with Crippen LogP contribution in [0.25, 0.3) is 0 Å². The summed E-state index contributed by atoms with van der Waals surface area (Å²) in [5.41, 5.74) is 0.955. The van der Waals surface area contributed by atoms with Crippen molar-refractivity contribution in [3.05, 3.63) is 40.3 Å². The van der Waals surface area contributed by atoms with Crippen LogP contribution in [0.2, 0.25) is 0 Å². The molecule has 0 unspecified atom stereocenters. The molecule has 0 atom stereocenters. The quantitative estimate of drug-likeness (QED) is 0.772. The van der Waals surface area contributed by atoms with Crippen LogP contribution in [0.1, 0.15) is 10.4 Å². The number of nitrogens with zero attached hydrogens (tertiary/aromatic N) is 2. The number of aliphatic hydroxyl groups excluding tert-OH is 1. The van der Waals surface area contributed by atoms with Gasteiger partial charge in [-0.2, -0.15) is 5.10 Å². The summed E-state index contributed by atoms with van der Waals surface area (Å²) >= 11 is 1.65. The average Bonchev–Trinajstić information content (AvgIpc) is 2.87. The molecule has 2 aromatic rings. The minimum Gasteiger partial charge on any atom is -0.384 e. The molecule has 76 valence electrons. The standard InChI is InChI=1S/C11H10N2OS/c14-6-1-3-10-7-11(15-9-10)8-13-5-2-4-12-13/h2,4-5,7,9,14H,6,8H2. The maximum atomic E-state index is 8.56. The summed E-state index contributed by atoms with van der Waals surface area (Å²) in [4.78, 5) is 1.21. The first-order valence-electron chi connectivity index (χ1n) is 4.53. The van der Waals surface area contributed by atoms with Crippen LogP contribution in [0, 0.1) is 11.8 Å². The van der Waals surface area contributed by atoms with Gasteiger partial charge < -0.3 is 5.11 Å². The molecule has 0 saturated carbocycles.